The molecule has 0 fully saturated rings. The van der Waals surface area contributed by atoms with E-state index in [-0.39, 0.29) is 5.69 Å². The molecule has 0 aliphatic carbocycles. The molecule has 1 heterocycles. The number of rotatable bonds is 8. The van der Waals surface area contributed by atoms with Gasteiger partial charge in [0.2, 0.25) is 0 Å². The number of carbonyl (C=O) groups is 1. The molecule has 0 spiro atoms. The number of aromatic nitrogens is 2. The minimum absolute atomic E-state index is 0.0855. The van der Waals surface area contributed by atoms with Crippen LogP contribution in [0.25, 0.3) is 0 Å². The second-order valence-corrected chi connectivity index (χ2v) is 5.01. The van der Waals surface area contributed by atoms with Gasteiger partial charge in [-0.2, -0.15) is 5.10 Å². The Hall–Kier alpha value is -1.67. The first-order valence-electron chi connectivity index (χ1n) is 7.02. The van der Waals surface area contributed by atoms with Crippen LogP contribution in [0.15, 0.2) is 6.20 Å². The Labute approximate surface area is 130 Å². The molecule has 0 saturated heterocycles. The van der Waals surface area contributed by atoms with Gasteiger partial charge in [-0.3, -0.25) is 4.68 Å². The lowest BCUT2D eigenvalue weighted by molar-refractivity contribution is 0.0686. The maximum Gasteiger partial charge on any atom is 0.356 e. The highest BCUT2D eigenvalue weighted by atomic mass is 32.1. The van der Waals surface area contributed by atoms with Crippen molar-refractivity contribution >= 4 is 29.0 Å². The molecule has 0 atom stereocenters. The van der Waals surface area contributed by atoms with E-state index in [2.05, 4.69) is 34.5 Å². The fourth-order valence-corrected chi connectivity index (χ4v) is 2.21. The van der Waals surface area contributed by atoms with Gasteiger partial charge in [-0.05, 0) is 38.3 Å². The number of aromatic carboxylic acids is 1. The Bertz CT molecular complexity index is 485. The number of nitrogens with zero attached hydrogens (tertiary/aromatic N) is 3. The van der Waals surface area contributed by atoms with Crippen LogP contribution < -0.4 is 10.6 Å². The third-order valence-electron chi connectivity index (χ3n) is 3.22. The monoisotopic (exact) mass is 313 g/mol. The molecular formula is C13H23N5O2S. The number of nitrogens with one attached hydrogen (secondary N) is 2. The van der Waals surface area contributed by atoms with Crippen molar-refractivity contribution in [1.82, 2.24) is 20.0 Å². The minimum Gasteiger partial charge on any atom is -0.476 e. The smallest absolute Gasteiger partial charge is 0.356 e. The van der Waals surface area contributed by atoms with E-state index in [1.54, 1.807) is 7.05 Å². The summed E-state index contributed by atoms with van der Waals surface area (Å²) in [6.45, 7) is 8.10. The topological polar surface area (TPSA) is 82.4 Å². The zero-order valence-electron chi connectivity index (χ0n) is 12.7. The first-order valence-corrected chi connectivity index (χ1v) is 7.42. The molecule has 1 aromatic rings. The number of thiocarbonyl (C=S) groups is 1. The molecule has 21 heavy (non-hydrogen) atoms. The quantitative estimate of drug-likeness (QED) is 0.490. The van der Waals surface area contributed by atoms with Crippen LogP contribution in [0.3, 0.4) is 0 Å². The van der Waals surface area contributed by atoms with Crippen molar-refractivity contribution in [1.29, 1.82) is 0 Å². The molecule has 8 heteroatoms. The molecule has 0 radical (unpaired) electrons. The van der Waals surface area contributed by atoms with E-state index in [4.69, 9.17) is 17.3 Å². The van der Waals surface area contributed by atoms with E-state index in [9.17, 15) is 4.79 Å². The molecule has 0 saturated carbocycles. The van der Waals surface area contributed by atoms with E-state index in [0.717, 1.165) is 32.6 Å². The minimum atomic E-state index is -1.04. The largest absolute Gasteiger partial charge is 0.476 e. The number of carboxylic acids is 1. The van der Waals surface area contributed by atoms with E-state index in [1.165, 1.54) is 10.9 Å². The first kappa shape index (κ1) is 17.4. The van der Waals surface area contributed by atoms with Crippen LogP contribution in [-0.2, 0) is 7.05 Å². The van der Waals surface area contributed by atoms with Crippen LogP contribution in [0.1, 0.15) is 30.8 Å². The molecule has 0 amide bonds. The number of aryl methyl sites for hydroxylation is 1. The summed E-state index contributed by atoms with van der Waals surface area (Å²) in [5, 5.41) is 19.4. The van der Waals surface area contributed by atoms with Crippen molar-refractivity contribution in [3.63, 3.8) is 0 Å². The average molecular weight is 313 g/mol. The summed E-state index contributed by atoms with van der Waals surface area (Å²) in [4.78, 5) is 13.5. The van der Waals surface area contributed by atoms with Gasteiger partial charge in [0.25, 0.3) is 0 Å². The van der Waals surface area contributed by atoms with E-state index in [0.29, 0.717) is 10.8 Å². The van der Waals surface area contributed by atoms with Gasteiger partial charge in [-0.1, -0.05) is 13.8 Å². The Morgan fingerprint density at radius 2 is 2.14 bits per heavy atom. The molecule has 1 rings (SSSR count). The summed E-state index contributed by atoms with van der Waals surface area (Å²) in [6.07, 6.45) is 2.43. The Morgan fingerprint density at radius 3 is 2.71 bits per heavy atom. The van der Waals surface area contributed by atoms with Gasteiger partial charge in [-0.15, -0.1) is 0 Å². The maximum atomic E-state index is 11.1. The number of anilines is 1. The predicted molar refractivity (Wildman–Crippen MR) is 86.8 cm³/mol. The number of hydrogen-bond acceptors (Lipinski definition) is 4. The molecule has 0 aliphatic heterocycles. The van der Waals surface area contributed by atoms with Crippen molar-refractivity contribution in [2.24, 2.45) is 7.05 Å². The van der Waals surface area contributed by atoms with E-state index in [1.807, 2.05) is 0 Å². The Morgan fingerprint density at radius 1 is 1.48 bits per heavy atom. The number of hydrogen-bond donors (Lipinski definition) is 3. The van der Waals surface area contributed by atoms with Gasteiger partial charge in [0.1, 0.15) is 0 Å². The van der Waals surface area contributed by atoms with Crippen molar-refractivity contribution in [3.8, 4) is 0 Å². The summed E-state index contributed by atoms with van der Waals surface area (Å²) in [5.74, 6) is -1.04. The molecule has 0 aliphatic rings. The summed E-state index contributed by atoms with van der Waals surface area (Å²) in [5.41, 5.74) is 0.480. The predicted octanol–water partition coefficient (Wildman–Crippen LogP) is 1.14. The lowest BCUT2D eigenvalue weighted by Crippen LogP contribution is -2.32. The number of carboxylic acid groups (broad SMARTS) is 1. The van der Waals surface area contributed by atoms with Crippen molar-refractivity contribution in [2.75, 3.05) is 31.5 Å². The fourth-order valence-electron chi connectivity index (χ4n) is 1.99. The Kier molecular flexibility index (Phi) is 7.10. The standard InChI is InChI=1S/C13H23N5O2S/c1-4-18(5-2)8-6-7-14-13(21)16-10-9-15-17(3)11(10)12(19)20/h9H,4-8H2,1-3H3,(H,19,20)(H2,14,16,21). The summed E-state index contributed by atoms with van der Waals surface area (Å²) >= 11 is 5.16. The fraction of sp³-hybridized carbons (Fsp3) is 0.615. The molecule has 7 nitrogen and oxygen atoms in total. The zero-order valence-corrected chi connectivity index (χ0v) is 13.5. The summed E-state index contributed by atoms with van der Waals surface area (Å²) in [6, 6.07) is 0. The van der Waals surface area contributed by atoms with Gasteiger partial charge in [0.05, 0.1) is 11.9 Å². The maximum absolute atomic E-state index is 11.1. The van der Waals surface area contributed by atoms with Crippen LogP contribution in [0, 0.1) is 0 Å². The molecule has 0 bridgehead atoms. The van der Waals surface area contributed by atoms with Crippen LogP contribution in [0.2, 0.25) is 0 Å². The van der Waals surface area contributed by atoms with Crippen LogP contribution in [0.5, 0.6) is 0 Å². The van der Waals surface area contributed by atoms with Crippen LogP contribution in [-0.4, -0.2) is 57.0 Å². The van der Waals surface area contributed by atoms with Crippen LogP contribution in [0.4, 0.5) is 5.69 Å². The molecule has 0 aromatic carbocycles. The third kappa shape index (κ3) is 5.31. The SMILES string of the molecule is CCN(CC)CCCNC(=S)Nc1cnn(C)c1C(=O)O. The van der Waals surface area contributed by atoms with Crippen molar-refractivity contribution < 1.29 is 9.90 Å². The van der Waals surface area contributed by atoms with E-state index < -0.39 is 5.97 Å². The summed E-state index contributed by atoms with van der Waals surface area (Å²) in [7, 11) is 1.58. The van der Waals surface area contributed by atoms with Gasteiger partial charge < -0.3 is 20.6 Å². The van der Waals surface area contributed by atoms with Gasteiger partial charge in [0, 0.05) is 13.6 Å². The molecule has 0 unspecified atom stereocenters. The zero-order chi connectivity index (χ0) is 15.8. The van der Waals surface area contributed by atoms with Crippen LogP contribution >= 0.6 is 12.2 Å². The van der Waals surface area contributed by atoms with Gasteiger partial charge >= 0.3 is 5.97 Å². The van der Waals surface area contributed by atoms with Gasteiger partial charge in [0.15, 0.2) is 10.8 Å². The highest BCUT2D eigenvalue weighted by Crippen LogP contribution is 2.13. The second kappa shape index (κ2) is 8.58. The molecule has 3 N–H and O–H groups in total. The second-order valence-electron chi connectivity index (χ2n) is 4.60. The average Bonchev–Trinajstić information content (AvgIpc) is 2.80. The molecule has 118 valence electrons. The third-order valence-corrected chi connectivity index (χ3v) is 3.47. The van der Waals surface area contributed by atoms with Crippen molar-refractivity contribution in [2.45, 2.75) is 20.3 Å². The molecule has 1 aromatic heterocycles. The highest BCUT2D eigenvalue weighted by Gasteiger charge is 2.16. The first-order chi connectivity index (χ1) is 9.99. The highest BCUT2D eigenvalue weighted by molar-refractivity contribution is 7.80. The Balaban J connectivity index is 2.39. The molecular weight excluding hydrogens is 290 g/mol. The van der Waals surface area contributed by atoms with E-state index >= 15 is 0 Å². The summed E-state index contributed by atoms with van der Waals surface area (Å²) < 4.78 is 1.30. The van der Waals surface area contributed by atoms with Gasteiger partial charge in [-0.25, -0.2) is 4.79 Å². The lowest BCUT2D eigenvalue weighted by atomic mass is 10.3. The normalized spacial score (nSPS) is 10.7. The van der Waals surface area contributed by atoms with Crippen molar-refractivity contribution in [3.05, 3.63) is 11.9 Å². The lowest BCUT2D eigenvalue weighted by Gasteiger charge is -2.18.